The van der Waals surface area contributed by atoms with E-state index in [2.05, 4.69) is 10.6 Å². The van der Waals surface area contributed by atoms with Gasteiger partial charge in [-0.2, -0.15) is 0 Å². The zero-order chi connectivity index (χ0) is 17.8. The van der Waals surface area contributed by atoms with Gasteiger partial charge in [0.2, 0.25) is 0 Å². The Balaban J connectivity index is 1.66. The zero-order valence-corrected chi connectivity index (χ0v) is 13.7. The molecule has 0 atom stereocenters. The second kappa shape index (κ2) is 7.23. The molecule has 2 aromatic rings. The molecule has 1 fully saturated rings. The van der Waals surface area contributed by atoms with Crippen molar-refractivity contribution in [1.29, 1.82) is 0 Å². The highest BCUT2D eigenvalue weighted by molar-refractivity contribution is 7.80. The summed E-state index contributed by atoms with van der Waals surface area (Å²) in [6.45, 7) is 0.309. The maximum absolute atomic E-state index is 12.9. The Labute approximate surface area is 148 Å². The summed E-state index contributed by atoms with van der Waals surface area (Å²) in [6, 6.07) is 12.9. The number of thiocarbonyl (C=S) groups is 1. The first kappa shape index (κ1) is 16.8. The van der Waals surface area contributed by atoms with E-state index in [0.29, 0.717) is 17.9 Å². The average molecular weight is 356 g/mol. The number of hydrogen-bond donors (Lipinski definition) is 2. The first-order chi connectivity index (χ1) is 12.0. The van der Waals surface area contributed by atoms with E-state index in [1.165, 1.54) is 18.2 Å². The molecule has 0 aliphatic carbocycles. The molecule has 0 bridgehead atoms. The molecule has 2 N–H and O–H groups in total. The predicted molar refractivity (Wildman–Crippen MR) is 94.0 cm³/mol. The maximum atomic E-state index is 12.9. The van der Waals surface area contributed by atoms with Crippen molar-refractivity contribution in [2.45, 2.75) is 6.61 Å². The first-order valence-electron chi connectivity index (χ1n) is 7.37. The van der Waals surface area contributed by atoms with Gasteiger partial charge in [0, 0.05) is 0 Å². The van der Waals surface area contributed by atoms with Crippen molar-refractivity contribution in [3.05, 3.63) is 71.0 Å². The van der Waals surface area contributed by atoms with Crippen molar-refractivity contribution in [1.82, 2.24) is 10.6 Å². The Bertz CT molecular complexity index is 839. The molecule has 1 aliphatic rings. The monoisotopic (exact) mass is 356 g/mol. The van der Waals surface area contributed by atoms with E-state index in [1.54, 1.807) is 36.4 Å². The summed E-state index contributed by atoms with van der Waals surface area (Å²) in [7, 11) is 0. The van der Waals surface area contributed by atoms with E-state index in [-0.39, 0.29) is 16.5 Å². The largest absolute Gasteiger partial charge is 0.489 e. The van der Waals surface area contributed by atoms with Gasteiger partial charge in [0.25, 0.3) is 11.8 Å². The van der Waals surface area contributed by atoms with Crippen LogP contribution >= 0.6 is 12.2 Å². The van der Waals surface area contributed by atoms with Gasteiger partial charge in [-0.05, 0) is 53.7 Å². The molecule has 0 radical (unpaired) electrons. The van der Waals surface area contributed by atoms with Crippen LogP contribution in [0.15, 0.2) is 54.1 Å². The molecule has 2 aromatic carbocycles. The first-order valence-corrected chi connectivity index (χ1v) is 7.78. The Morgan fingerprint density at radius 1 is 0.960 bits per heavy atom. The number of benzene rings is 2. The van der Waals surface area contributed by atoms with E-state index in [4.69, 9.17) is 17.0 Å². The van der Waals surface area contributed by atoms with Crippen molar-refractivity contribution in [2.24, 2.45) is 0 Å². The highest BCUT2D eigenvalue weighted by Crippen LogP contribution is 2.17. The molecule has 1 heterocycles. The number of carbonyl (C=O) groups is 2. The van der Waals surface area contributed by atoms with E-state index in [1.807, 2.05) is 0 Å². The molecule has 25 heavy (non-hydrogen) atoms. The summed E-state index contributed by atoms with van der Waals surface area (Å²) in [5.74, 6) is -0.751. The van der Waals surface area contributed by atoms with Gasteiger partial charge >= 0.3 is 0 Å². The Kier molecular flexibility index (Phi) is 4.85. The smallest absolute Gasteiger partial charge is 0.263 e. The third-order valence-electron chi connectivity index (χ3n) is 3.45. The number of nitrogens with one attached hydrogen (secondary N) is 2. The molecule has 0 aromatic heterocycles. The molecule has 0 unspecified atom stereocenters. The summed E-state index contributed by atoms with van der Waals surface area (Å²) in [6.07, 6.45) is 1.47. The lowest BCUT2D eigenvalue weighted by atomic mass is 10.1. The van der Waals surface area contributed by atoms with Crippen molar-refractivity contribution >= 4 is 35.2 Å². The van der Waals surface area contributed by atoms with Crippen LogP contribution in [0.5, 0.6) is 5.75 Å². The molecule has 1 aliphatic heterocycles. The van der Waals surface area contributed by atoms with Crippen molar-refractivity contribution in [2.75, 3.05) is 0 Å². The zero-order valence-electron chi connectivity index (χ0n) is 12.9. The van der Waals surface area contributed by atoms with Crippen LogP contribution in [-0.2, 0) is 16.2 Å². The average Bonchev–Trinajstić information content (AvgIpc) is 2.59. The molecule has 0 saturated carbocycles. The number of rotatable bonds is 4. The third kappa shape index (κ3) is 4.27. The van der Waals surface area contributed by atoms with Crippen LogP contribution in [0, 0.1) is 5.82 Å². The van der Waals surface area contributed by atoms with E-state index in [9.17, 15) is 14.0 Å². The molecule has 0 spiro atoms. The van der Waals surface area contributed by atoms with Crippen LogP contribution < -0.4 is 15.4 Å². The van der Waals surface area contributed by atoms with Gasteiger partial charge in [0.15, 0.2) is 5.11 Å². The summed E-state index contributed by atoms with van der Waals surface area (Å²) >= 11 is 4.74. The van der Waals surface area contributed by atoms with Gasteiger partial charge in [0.1, 0.15) is 23.7 Å². The lowest BCUT2D eigenvalue weighted by molar-refractivity contribution is -0.123. The predicted octanol–water partition coefficient (Wildman–Crippen LogP) is 2.32. The maximum Gasteiger partial charge on any atom is 0.263 e. The number of carbonyl (C=O) groups excluding carboxylic acids is 2. The molecule has 2 amide bonds. The minimum Gasteiger partial charge on any atom is -0.489 e. The number of hydrogen-bond acceptors (Lipinski definition) is 4. The molecular formula is C18H13FN2O3S. The Hall–Kier alpha value is -3.06. The van der Waals surface area contributed by atoms with Gasteiger partial charge in [-0.1, -0.05) is 24.3 Å². The lowest BCUT2D eigenvalue weighted by Gasteiger charge is -2.16. The Morgan fingerprint density at radius 2 is 1.56 bits per heavy atom. The van der Waals surface area contributed by atoms with Crippen LogP contribution in [0.2, 0.25) is 0 Å². The van der Waals surface area contributed by atoms with Crippen molar-refractivity contribution in [3.63, 3.8) is 0 Å². The summed E-state index contributed by atoms with van der Waals surface area (Å²) in [5.41, 5.74) is 1.50. The van der Waals surface area contributed by atoms with Crippen molar-refractivity contribution in [3.8, 4) is 5.75 Å². The fourth-order valence-corrected chi connectivity index (χ4v) is 2.37. The SMILES string of the molecule is O=C1NC(=S)NC(=O)C1=Cc1ccc(OCc2ccc(F)cc2)cc1. The van der Waals surface area contributed by atoms with Gasteiger partial charge in [-0.15, -0.1) is 0 Å². The molecule has 3 rings (SSSR count). The highest BCUT2D eigenvalue weighted by atomic mass is 32.1. The lowest BCUT2D eigenvalue weighted by Crippen LogP contribution is -2.51. The quantitative estimate of drug-likeness (QED) is 0.501. The van der Waals surface area contributed by atoms with E-state index in [0.717, 1.165) is 5.56 Å². The molecular weight excluding hydrogens is 343 g/mol. The molecule has 7 heteroatoms. The van der Waals surface area contributed by atoms with Crippen LogP contribution in [-0.4, -0.2) is 16.9 Å². The minimum atomic E-state index is -0.537. The number of halogens is 1. The van der Waals surface area contributed by atoms with Gasteiger partial charge in [0.05, 0.1) is 0 Å². The molecule has 1 saturated heterocycles. The van der Waals surface area contributed by atoms with E-state index < -0.39 is 11.8 Å². The fourth-order valence-electron chi connectivity index (χ4n) is 2.18. The van der Waals surface area contributed by atoms with E-state index >= 15 is 0 Å². The number of ether oxygens (including phenoxy) is 1. The summed E-state index contributed by atoms with van der Waals surface area (Å²) in [5, 5.41) is 4.75. The standard InChI is InChI=1S/C18H13FN2O3S/c19-13-5-1-12(2-6-13)10-24-14-7-3-11(4-8-14)9-15-16(22)20-18(25)21-17(15)23/h1-9H,10H2,(H2,20,21,22,23,25). The second-order valence-electron chi connectivity index (χ2n) is 5.28. The minimum absolute atomic E-state index is 0.00306. The molecule has 126 valence electrons. The second-order valence-corrected chi connectivity index (χ2v) is 5.69. The van der Waals surface area contributed by atoms with Crippen LogP contribution in [0.4, 0.5) is 4.39 Å². The third-order valence-corrected chi connectivity index (χ3v) is 3.66. The van der Waals surface area contributed by atoms with Crippen LogP contribution in [0.25, 0.3) is 6.08 Å². The van der Waals surface area contributed by atoms with Gasteiger partial charge in [-0.25, -0.2) is 4.39 Å². The molecule has 5 nitrogen and oxygen atoms in total. The van der Waals surface area contributed by atoms with Crippen LogP contribution in [0.3, 0.4) is 0 Å². The Morgan fingerprint density at radius 3 is 2.16 bits per heavy atom. The van der Waals surface area contributed by atoms with Crippen LogP contribution in [0.1, 0.15) is 11.1 Å². The van der Waals surface area contributed by atoms with Crippen molar-refractivity contribution < 1.29 is 18.7 Å². The fraction of sp³-hybridized carbons (Fsp3) is 0.0556. The summed E-state index contributed by atoms with van der Waals surface area (Å²) in [4.78, 5) is 23.6. The topological polar surface area (TPSA) is 67.4 Å². The highest BCUT2D eigenvalue weighted by Gasteiger charge is 2.25. The van der Waals surface area contributed by atoms with Gasteiger partial charge in [-0.3, -0.25) is 20.2 Å². The number of amides is 2. The normalized spacial score (nSPS) is 14.0. The summed E-state index contributed by atoms with van der Waals surface area (Å²) < 4.78 is 18.5. The van der Waals surface area contributed by atoms with Gasteiger partial charge < -0.3 is 4.74 Å².